The molecule has 1 aromatic heterocycles. The van der Waals surface area contributed by atoms with Crippen LogP contribution in [0.25, 0.3) is 0 Å². The lowest BCUT2D eigenvalue weighted by Crippen LogP contribution is -2.12. The van der Waals surface area contributed by atoms with Gasteiger partial charge in [-0.2, -0.15) is 18.4 Å². The fourth-order valence-electron chi connectivity index (χ4n) is 1.19. The number of hydrogen-bond acceptors (Lipinski definition) is 2. The Labute approximate surface area is 101 Å². The van der Waals surface area contributed by atoms with Crippen LogP contribution >= 0.6 is 15.9 Å². The summed E-state index contributed by atoms with van der Waals surface area (Å²) in [4.78, 5) is 3.09. The molecule has 17 heavy (non-hydrogen) atoms. The molecule has 0 aromatic carbocycles. The standard InChI is InChI=1S/C9H4BrF5N2/c10-2-5-7(8(11)12)4(3-16)1-6(17-5)9(13,14)15/h1,8H,2H2. The van der Waals surface area contributed by atoms with Gasteiger partial charge in [-0.25, -0.2) is 13.8 Å². The third-order valence-corrected chi connectivity index (χ3v) is 2.42. The first-order valence-electron chi connectivity index (χ1n) is 4.16. The lowest BCUT2D eigenvalue weighted by Gasteiger charge is -2.12. The summed E-state index contributed by atoms with van der Waals surface area (Å²) in [6.07, 6.45) is -7.82. The molecule has 1 rings (SSSR count). The molecule has 0 saturated heterocycles. The second-order valence-corrected chi connectivity index (χ2v) is 3.52. The molecule has 0 radical (unpaired) electrons. The second-order valence-electron chi connectivity index (χ2n) is 2.96. The molecule has 0 amide bonds. The molecule has 0 saturated carbocycles. The number of alkyl halides is 6. The Morgan fingerprint density at radius 1 is 1.41 bits per heavy atom. The number of nitrogens with zero attached hydrogens (tertiary/aromatic N) is 2. The molecule has 0 aliphatic carbocycles. The van der Waals surface area contributed by atoms with Crippen LogP contribution in [0.15, 0.2) is 6.07 Å². The van der Waals surface area contributed by atoms with E-state index < -0.39 is 35.1 Å². The lowest BCUT2D eigenvalue weighted by molar-refractivity contribution is -0.141. The first kappa shape index (κ1) is 13.8. The summed E-state index contributed by atoms with van der Waals surface area (Å²) in [5.41, 5.74) is -3.31. The van der Waals surface area contributed by atoms with Gasteiger partial charge in [-0.15, -0.1) is 0 Å². The van der Waals surface area contributed by atoms with E-state index in [1.165, 1.54) is 6.07 Å². The molecule has 0 N–H and O–H groups in total. The van der Waals surface area contributed by atoms with Crippen LogP contribution in [-0.4, -0.2) is 4.98 Å². The number of halogens is 6. The van der Waals surface area contributed by atoms with Crippen LogP contribution < -0.4 is 0 Å². The zero-order chi connectivity index (χ0) is 13.2. The number of rotatable bonds is 2. The van der Waals surface area contributed by atoms with E-state index in [0.29, 0.717) is 6.07 Å². The van der Waals surface area contributed by atoms with Gasteiger partial charge in [0.2, 0.25) is 0 Å². The molecule has 0 spiro atoms. The van der Waals surface area contributed by atoms with Crippen molar-refractivity contribution in [2.45, 2.75) is 17.9 Å². The zero-order valence-electron chi connectivity index (χ0n) is 8.02. The maximum absolute atomic E-state index is 12.6. The van der Waals surface area contributed by atoms with Crippen molar-refractivity contribution in [3.8, 4) is 6.07 Å². The van der Waals surface area contributed by atoms with Crippen molar-refractivity contribution in [1.82, 2.24) is 4.98 Å². The SMILES string of the molecule is N#Cc1cc(C(F)(F)F)nc(CBr)c1C(F)F. The number of aromatic nitrogens is 1. The molecule has 1 aromatic rings. The van der Waals surface area contributed by atoms with Crippen LogP contribution in [0.3, 0.4) is 0 Å². The van der Waals surface area contributed by atoms with Gasteiger partial charge in [-0.3, -0.25) is 0 Å². The van der Waals surface area contributed by atoms with E-state index in [1.54, 1.807) is 0 Å². The third-order valence-electron chi connectivity index (χ3n) is 1.89. The number of hydrogen-bond donors (Lipinski definition) is 0. The monoisotopic (exact) mass is 314 g/mol. The highest BCUT2D eigenvalue weighted by atomic mass is 79.9. The molecule has 0 bridgehead atoms. The molecule has 0 atom stereocenters. The van der Waals surface area contributed by atoms with Crippen LogP contribution in [0.2, 0.25) is 0 Å². The van der Waals surface area contributed by atoms with Crippen LogP contribution in [0.4, 0.5) is 22.0 Å². The Kier molecular flexibility index (Phi) is 4.03. The van der Waals surface area contributed by atoms with Gasteiger partial charge in [-0.1, -0.05) is 15.9 Å². The first-order valence-corrected chi connectivity index (χ1v) is 5.28. The van der Waals surface area contributed by atoms with Crippen molar-refractivity contribution in [2.75, 3.05) is 0 Å². The molecular weight excluding hydrogens is 311 g/mol. The highest BCUT2D eigenvalue weighted by molar-refractivity contribution is 9.08. The van der Waals surface area contributed by atoms with Gasteiger partial charge in [0.25, 0.3) is 6.43 Å². The fraction of sp³-hybridized carbons (Fsp3) is 0.333. The first-order chi connectivity index (χ1) is 7.81. The summed E-state index contributed by atoms with van der Waals surface area (Å²) in [5.74, 6) is 0. The van der Waals surface area contributed by atoms with Gasteiger partial charge < -0.3 is 0 Å². The minimum atomic E-state index is -4.77. The highest BCUT2D eigenvalue weighted by Gasteiger charge is 2.35. The molecule has 0 aliphatic rings. The van der Waals surface area contributed by atoms with Crippen molar-refractivity contribution in [3.05, 3.63) is 28.6 Å². The number of pyridine rings is 1. The fourth-order valence-corrected chi connectivity index (χ4v) is 1.62. The minimum Gasteiger partial charge on any atom is -0.247 e. The normalized spacial score (nSPS) is 11.6. The van der Waals surface area contributed by atoms with Gasteiger partial charge in [0.05, 0.1) is 22.9 Å². The maximum Gasteiger partial charge on any atom is 0.433 e. The van der Waals surface area contributed by atoms with Gasteiger partial charge in [0, 0.05) is 5.33 Å². The van der Waals surface area contributed by atoms with E-state index in [-0.39, 0.29) is 5.33 Å². The van der Waals surface area contributed by atoms with Gasteiger partial charge in [0.1, 0.15) is 5.69 Å². The van der Waals surface area contributed by atoms with Crippen molar-refractivity contribution >= 4 is 15.9 Å². The second kappa shape index (κ2) is 4.96. The topological polar surface area (TPSA) is 36.7 Å². The van der Waals surface area contributed by atoms with E-state index in [2.05, 4.69) is 20.9 Å². The van der Waals surface area contributed by atoms with Crippen LogP contribution in [-0.2, 0) is 11.5 Å². The van der Waals surface area contributed by atoms with Crippen molar-refractivity contribution in [3.63, 3.8) is 0 Å². The Bertz CT molecular complexity index is 464. The Balaban J connectivity index is 3.52. The highest BCUT2D eigenvalue weighted by Crippen LogP contribution is 2.33. The van der Waals surface area contributed by atoms with Crippen LogP contribution in [0, 0.1) is 11.3 Å². The number of nitriles is 1. The summed E-state index contributed by atoms with van der Waals surface area (Å²) in [6, 6.07) is 1.65. The quantitative estimate of drug-likeness (QED) is 0.615. The Hall–Kier alpha value is -1.23. The molecule has 0 unspecified atom stereocenters. The van der Waals surface area contributed by atoms with Crippen LogP contribution in [0.1, 0.15) is 28.9 Å². The average Bonchev–Trinajstić information content (AvgIpc) is 2.25. The zero-order valence-corrected chi connectivity index (χ0v) is 9.61. The molecule has 8 heteroatoms. The predicted octanol–water partition coefficient (Wildman–Crippen LogP) is 3.80. The Morgan fingerprint density at radius 2 is 2.00 bits per heavy atom. The third kappa shape index (κ3) is 2.91. The van der Waals surface area contributed by atoms with Gasteiger partial charge >= 0.3 is 6.18 Å². The molecular formula is C9H4BrF5N2. The predicted molar refractivity (Wildman–Crippen MR) is 51.5 cm³/mol. The smallest absolute Gasteiger partial charge is 0.247 e. The van der Waals surface area contributed by atoms with Crippen LogP contribution in [0.5, 0.6) is 0 Å². The summed E-state index contributed by atoms with van der Waals surface area (Å²) < 4.78 is 62.3. The summed E-state index contributed by atoms with van der Waals surface area (Å²) >= 11 is 2.77. The molecule has 92 valence electrons. The summed E-state index contributed by atoms with van der Waals surface area (Å²) in [5, 5.41) is 8.30. The van der Waals surface area contributed by atoms with Crippen molar-refractivity contribution in [2.24, 2.45) is 0 Å². The van der Waals surface area contributed by atoms with Crippen molar-refractivity contribution < 1.29 is 22.0 Å². The van der Waals surface area contributed by atoms with Gasteiger partial charge in [0.15, 0.2) is 0 Å². The maximum atomic E-state index is 12.6. The largest absolute Gasteiger partial charge is 0.433 e. The van der Waals surface area contributed by atoms with E-state index in [9.17, 15) is 22.0 Å². The van der Waals surface area contributed by atoms with E-state index in [0.717, 1.165) is 0 Å². The van der Waals surface area contributed by atoms with E-state index in [4.69, 9.17) is 5.26 Å². The Morgan fingerprint density at radius 3 is 2.35 bits per heavy atom. The summed E-state index contributed by atoms with van der Waals surface area (Å²) in [6.45, 7) is 0. The van der Waals surface area contributed by atoms with E-state index >= 15 is 0 Å². The van der Waals surface area contributed by atoms with Crippen molar-refractivity contribution in [1.29, 1.82) is 5.26 Å². The van der Waals surface area contributed by atoms with Gasteiger partial charge in [-0.05, 0) is 6.07 Å². The molecule has 0 fully saturated rings. The van der Waals surface area contributed by atoms with E-state index in [1.807, 2.05) is 0 Å². The summed E-state index contributed by atoms with van der Waals surface area (Å²) in [7, 11) is 0. The lowest BCUT2D eigenvalue weighted by atomic mass is 10.1. The molecule has 2 nitrogen and oxygen atoms in total. The minimum absolute atomic E-state index is 0.286. The molecule has 1 heterocycles. The average molecular weight is 315 g/mol. The molecule has 0 aliphatic heterocycles.